The Kier molecular flexibility index (Phi) is 7.15. The van der Waals surface area contributed by atoms with Crippen molar-refractivity contribution in [3.8, 4) is 28.4 Å². The van der Waals surface area contributed by atoms with Crippen LogP contribution in [0.3, 0.4) is 0 Å². The fourth-order valence-electron chi connectivity index (χ4n) is 5.56. The van der Waals surface area contributed by atoms with Gasteiger partial charge in [-0.1, -0.05) is 32.1 Å². The summed E-state index contributed by atoms with van der Waals surface area (Å²) in [6, 6.07) is 16.4. The van der Waals surface area contributed by atoms with Crippen LogP contribution in [0, 0.1) is 11.2 Å². The predicted octanol–water partition coefficient (Wildman–Crippen LogP) is 7.62. The number of allylic oxidation sites excluding steroid dienone is 2. The minimum Gasteiger partial charge on any atom is -0.497 e. The van der Waals surface area contributed by atoms with E-state index < -0.39 is 5.97 Å². The molecule has 0 saturated heterocycles. The molecule has 6 heteroatoms. The number of rotatable bonds is 8. The molecule has 1 aliphatic carbocycles. The first-order chi connectivity index (χ1) is 18.2. The molecule has 0 saturated carbocycles. The molecule has 3 aromatic rings. The van der Waals surface area contributed by atoms with Gasteiger partial charge in [0.15, 0.2) is 0 Å². The van der Waals surface area contributed by atoms with E-state index >= 15 is 4.39 Å². The third-order valence-electron chi connectivity index (χ3n) is 7.66. The number of carboxylic acid groups (broad SMARTS) is 1. The lowest BCUT2D eigenvalue weighted by Gasteiger charge is -2.26. The quantitative estimate of drug-likeness (QED) is 0.334. The zero-order chi connectivity index (χ0) is 26.9. The van der Waals surface area contributed by atoms with E-state index in [1.807, 2.05) is 30.3 Å². The summed E-state index contributed by atoms with van der Waals surface area (Å²) in [6.45, 7) is 5.29. The Balaban J connectivity index is 1.46. The number of carbonyl (C=O) groups is 1. The highest BCUT2D eigenvalue weighted by molar-refractivity contribution is 5.85. The van der Waals surface area contributed by atoms with Crippen molar-refractivity contribution in [1.82, 2.24) is 0 Å². The zero-order valence-corrected chi connectivity index (χ0v) is 22.1. The average molecular weight is 517 g/mol. The smallest absolute Gasteiger partial charge is 0.303 e. The lowest BCUT2D eigenvalue weighted by molar-refractivity contribution is -0.137. The fraction of sp³-hybridized carbons (Fsp3) is 0.344. The molecule has 0 spiro atoms. The molecule has 1 atom stereocenters. The first-order valence-electron chi connectivity index (χ1n) is 13.0. The number of benzene rings is 3. The van der Waals surface area contributed by atoms with Crippen molar-refractivity contribution >= 4 is 11.5 Å². The lowest BCUT2D eigenvalue weighted by Crippen LogP contribution is -2.17. The van der Waals surface area contributed by atoms with Gasteiger partial charge in [-0.3, -0.25) is 4.79 Å². The van der Waals surface area contributed by atoms with Crippen molar-refractivity contribution < 1.29 is 28.5 Å². The van der Waals surface area contributed by atoms with Crippen molar-refractivity contribution in [2.75, 3.05) is 13.7 Å². The highest BCUT2D eigenvalue weighted by Gasteiger charge is 2.30. The van der Waals surface area contributed by atoms with Crippen LogP contribution in [0.2, 0.25) is 0 Å². The van der Waals surface area contributed by atoms with Gasteiger partial charge in [-0.05, 0) is 89.4 Å². The molecule has 198 valence electrons. The summed E-state index contributed by atoms with van der Waals surface area (Å²) in [6.07, 6.45) is 5.01. The second kappa shape index (κ2) is 10.5. The Labute approximate surface area is 222 Å². The molecule has 5 rings (SSSR count). The number of methoxy groups -OCH3 is 1. The standard InChI is InChI=1S/C32H33FO5/c1-32(2)13-4-5-28(32)26-15-20(6-9-24(26)27-17-22(36-3)7-10-29(27)33)19-38-23-8-11-30-25(18-23)21(12-14-37-30)16-31(34)35/h5-11,15,17-18,21H,4,12-14,16,19H2,1-3H3,(H,34,35). The molecular weight excluding hydrogens is 483 g/mol. The van der Waals surface area contributed by atoms with Crippen molar-refractivity contribution in [2.24, 2.45) is 5.41 Å². The average Bonchev–Trinajstić information content (AvgIpc) is 3.26. The molecule has 0 aromatic heterocycles. The third kappa shape index (κ3) is 5.26. The minimum atomic E-state index is -0.821. The first kappa shape index (κ1) is 25.8. The van der Waals surface area contributed by atoms with Crippen LogP contribution in [-0.2, 0) is 11.4 Å². The van der Waals surface area contributed by atoms with E-state index in [9.17, 15) is 9.90 Å². The SMILES string of the molecule is COc1ccc(F)c(-c2ccc(COc3ccc4c(c3)C(CC(=O)O)CCO4)cc2C2=CCCC2(C)C)c1. The summed E-state index contributed by atoms with van der Waals surface area (Å²) in [5.41, 5.74) is 5.36. The van der Waals surface area contributed by atoms with Gasteiger partial charge in [-0.15, -0.1) is 0 Å². The molecule has 1 unspecified atom stereocenters. The van der Waals surface area contributed by atoms with Crippen molar-refractivity contribution in [3.05, 3.63) is 83.2 Å². The molecule has 5 nitrogen and oxygen atoms in total. The van der Waals surface area contributed by atoms with Gasteiger partial charge in [-0.25, -0.2) is 4.39 Å². The number of halogens is 1. The summed E-state index contributed by atoms with van der Waals surface area (Å²) < 4.78 is 32.3. The highest BCUT2D eigenvalue weighted by Crippen LogP contribution is 2.47. The molecule has 38 heavy (non-hydrogen) atoms. The van der Waals surface area contributed by atoms with E-state index in [-0.39, 0.29) is 23.6 Å². The van der Waals surface area contributed by atoms with Gasteiger partial charge in [0.2, 0.25) is 0 Å². The summed E-state index contributed by atoms with van der Waals surface area (Å²) in [7, 11) is 1.58. The Bertz CT molecular complexity index is 1390. The third-order valence-corrected chi connectivity index (χ3v) is 7.66. The Morgan fingerprint density at radius 2 is 1.87 bits per heavy atom. The molecule has 0 fully saturated rings. The molecule has 3 aromatic carbocycles. The molecule has 1 aliphatic heterocycles. The second-order valence-corrected chi connectivity index (χ2v) is 10.7. The molecule has 0 radical (unpaired) electrons. The van der Waals surface area contributed by atoms with Crippen LogP contribution >= 0.6 is 0 Å². The zero-order valence-electron chi connectivity index (χ0n) is 22.1. The van der Waals surface area contributed by atoms with Gasteiger partial charge in [0.05, 0.1) is 20.1 Å². The predicted molar refractivity (Wildman–Crippen MR) is 145 cm³/mol. The molecule has 1 heterocycles. The van der Waals surface area contributed by atoms with Crippen LogP contribution in [0.25, 0.3) is 16.7 Å². The maximum atomic E-state index is 15.0. The largest absolute Gasteiger partial charge is 0.497 e. The second-order valence-electron chi connectivity index (χ2n) is 10.7. The van der Waals surface area contributed by atoms with E-state index in [1.165, 1.54) is 11.6 Å². The Morgan fingerprint density at radius 1 is 1.05 bits per heavy atom. The maximum Gasteiger partial charge on any atom is 0.303 e. The molecule has 0 amide bonds. The van der Waals surface area contributed by atoms with E-state index in [1.54, 1.807) is 19.2 Å². The van der Waals surface area contributed by atoms with Crippen molar-refractivity contribution in [2.45, 2.75) is 52.1 Å². The number of hydrogen-bond donors (Lipinski definition) is 1. The summed E-state index contributed by atoms with van der Waals surface area (Å²) in [5, 5.41) is 9.31. The van der Waals surface area contributed by atoms with Crippen molar-refractivity contribution in [3.63, 3.8) is 0 Å². The summed E-state index contributed by atoms with van der Waals surface area (Å²) in [5.74, 6) is 0.779. The topological polar surface area (TPSA) is 65.0 Å². The molecule has 2 aliphatic rings. The van der Waals surface area contributed by atoms with Crippen LogP contribution in [0.4, 0.5) is 4.39 Å². The van der Waals surface area contributed by atoms with Gasteiger partial charge in [-0.2, -0.15) is 0 Å². The number of ether oxygens (including phenoxy) is 3. The van der Waals surface area contributed by atoms with Gasteiger partial charge < -0.3 is 19.3 Å². The molecule has 0 bridgehead atoms. The number of fused-ring (bicyclic) bond motifs is 1. The van der Waals surface area contributed by atoms with Gasteiger partial charge in [0.25, 0.3) is 0 Å². The summed E-state index contributed by atoms with van der Waals surface area (Å²) in [4.78, 5) is 11.3. The van der Waals surface area contributed by atoms with Crippen LogP contribution in [0.1, 0.15) is 62.1 Å². The first-order valence-corrected chi connectivity index (χ1v) is 13.0. The normalized spacial score (nSPS) is 17.8. The molecule has 1 N–H and O–H groups in total. The number of carboxylic acids is 1. The van der Waals surface area contributed by atoms with Crippen LogP contribution in [0.15, 0.2) is 60.7 Å². The fourth-order valence-corrected chi connectivity index (χ4v) is 5.56. The van der Waals surface area contributed by atoms with Gasteiger partial charge in [0, 0.05) is 17.0 Å². The van der Waals surface area contributed by atoms with Crippen LogP contribution in [-0.4, -0.2) is 24.8 Å². The van der Waals surface area contributed by atoms with E-state index in [2.05, 4.69) is 26.0 Å². The Hall–Kier alpha value is -3.80. The number of hydrogen-bond acceptors (Lipinski definition) is 4. The van der Waals surface area contributed by atoms with Crippen LogP contribution < -0.4 is 14.2 Å². The van der Waals surface area contributed by atoms with E-state index in [0.29, 0.717) is 36.7 Å². The van der Waals surface area contributed by atoms with Crippen molar-refractivity contribution in [1.29, 1.82) is 0 Å². The minimum absolute atomic E-state index is 0.0266. The molecular formula is C32H33FO5. The Morgan fingerprint density at radius 3 is 2.61 bits per heavy atom. The highest BCUT2D eigenvalue weighted by atomic mass is 19.1. The monoisotopic (exact) mass is 516 g/mol. The van der Waals surface area contributed by atoms with Gasteiger partial charge >= 0.3 is 5.97 Å². The van der Waals surface area contributed by atoms with Crippen LogP contribution in [0.5, 0.6) is 17.2 Å². The van der Waals surface area contributed by atoms with E-state index in [4.69, 9.17) is 14.2 Å². The van der Waals surface area contributed by atoms with Gasteiger partial charge in [0.1, 0.15) is 29.7 Å². The summed E-state index contributed by atoms with van der Waals surface area (Å²) >= 11 is 0. The van der Waals surface area contributed by atoms with E-state index in [0.717, 1.165) is 40.8 Å². The maximum absolute atomic E-state index is 15.0. The number of aliphatic carboxylic acids is 1. The lowest BCUT2D eigenvalue weighted by atomic mass is 9.79.